The fraction of sp³-hybridized carbons (Fsp3) is 0.929. The average molecular weight is 238 g/mol. The fourth-order valence-corrected chi connectivity index (χ4v) is 3.56. The topological polar surface area (TPSA) is 32.3 Å². The molecule has 0 aromatic carbocycles. The van der Waals surface area contributed by atoms with Gasteiger partial charge in [0.15, 0.2) is 0 Å². The van der Waals surface area contributed by atoms with Crippen LogP contribution in [0.5, 0.6) is 0 Å². The summed E-state index contributed by atoms with van der Waals surface area (Å²) in [6.45, 7) is 8.87. The maximum Gasteiger partial charge on any atom is 0.241 e. The van der Waals surface area contributed by atoms with Gasteiger partial charge in [-0.25, -0.2) is 0 Å². The molecule has 3 atom stereocenters. The van der Waals surface area contributed by atoms with Gasteiger partial charge in [-0.15, -0.1) is 0 Å². The molecule has 3 unspecified atom stereocenters. The Hall–Kier alpha value is -0.570. The van der Waals surface area contributed by atoms with E-state index in [0.29, 0.717) is 11.9 Å². The van der Waals surface area contributed by atoms with Crippen LogP contribution in [0.1, 0.15) is 59.8 Å². The van der Waals surface area contributed by atoms with Crippen molar-refractivity contribution >= 4 is 5.91 Å². The normalized spacial score (nSPS) is 36.8. The molecule has 2 rings (SSSR count). The van der Waals surface area contributed by atoms with Crippen LogP contribution in [0.4, 0.5) is 0 Å². The van der Waals surface area contributed by atoms with Crippen LogP contribution in [-0.4, -0.2) is 29.1 Å². The molecule has 0 aromatic heterocycles. The van der Waals surface area contributed by atoms with Crippen LogP contribution in [0.15, 0.2) is 0 Å². The predicted octanol–water partition coefficient (Wildman–Crippen LogP) is 2.51. The number of nitrogens with zero attached hydrogens (tertiary/aromatic N) is 1. The molecule has 1 saturated heterocycles. The smallest absolute Gasteiger partial charge is 0.241 e. The van der Waals surface area contributed by atoms with Crippen LogP contribution in [0.25, 0.3) is 0 Å². The van der Waals surface area contributed by atoms with Gasteiger partial charge < -0.3 is 4.90 Å². The predicted molar refractivity (Wildman–Crippen MR) is 69.6 cm³/mol. The van der Waals surface area contributed by atoms with Crippen LogP contribution in [0, 0.1) is 5.41 Å². The highest BCUT2D eigenvalue weighted by atomic mass is 16.2. The molecular weight excluding hydrogens is 212 g/mol. The van der Waals surface area contributed by atoms with Gasteiger partial charge in [0.25, 0.3) is 0 Å². The summed E-state index contributed by atoms with van der Waals surface area (Å²) < 4.78 is 0. The van der Waals surface area contributed by atoms with Crippen molar-refractivity contribution in [1.29, 1.82) is 0 Å². The lowest BCUT2D eigenvalue weighted by Crippen LogP contribution is -2.47. The molecule has 1 N–H and O–H groups in total. The van der Waals surface area contributed by atoms with E-state index in [9.17, 15) is 4.79 Å². The minimum absolute atomic E-state index is 0.0615. The van der Waals surface area contributed by atoms with Crippen molar-refractivity contribution in [3.63, 3.8) is 0 Å². The number of hydrogen-bond donors (Lipinski definition) is 1. The summed E-state index contributed by atoms with van der Waals surface area (Å²) >= 11 is 0. The molecule has 1 saturated carbocycles. The maximum atomic E-state index is 12.4. The van der Waals surface area contributed by atoms with Crippen LogP contribution in [-0.2, 0) is 4.79 Å². The molecule has 0 bridgehead atoms. The van der Waals surface area contributed by atoms with Gasteiger partial charge in [-0.3, -0.25) is 10.1 Å². The number of rotatable bonds is 3. The second-order valence-corrected chi connectivity index (χ2v) is 6.33. The zero-order chi connectivity index (χ0) is 12.6. The lowest BCUT2D eigenvalue weighted by molar-refractivity contribution is -0.134. The Morgan fingerprint density at radius 3 is 2.71 bits per heavy atom. The first kappa shape index (κ1) is 12.9. The van der Waals surface area contributed by atoms with Crippen LogP contribution < -0.4 is 5.32 Å². The summed E-state index contributed by atoms with van der Waals surface area (Å²) in [5.74, 6) is 0.333. The molecular formula is C14H26N2O. The van der Waals surface area contributed by atoms with Crippen molar-refractivity contribution in [1.82, 2.24) is 10.2 Å². The zero-order valence-corrected chi connectivity index (χ0v) is 11.6. The molecule has 1 aliphatic carbocycles. The quantitative estimate of drug-likeness (QED) is 0.819. The van der Waals surface area contributed by atoms with Crippen LogP contribution in [0.3, 0.4) is 0 Å². The van der Waals surface area contributed by atoms with Gasteiger partial charge in [0, 0.05) is 6.04 Å². The van der Waals surface area contributed by atoms with E-state index in [1.807, 2.05) is 0 Å². The highest BCUT2D eigenvalue weighted by molar-refractivity contribution is 5.84. The number of hydrogen-bond acceptors (Lipinski definition) is 2. The molecule has 0 radical (unpaired) electrons. The summed E-state index contributed by atoms with van der Waals surface area (Å²) in [6.07, 6.45) is 5.91. The molecule has 0 spiro atoms. The van der Waals surface area contributed by atoms with E-state index >= 15 is 0 Å². The minimum atomic E-state index is 0.0615. The summed E-state index contributed by atoms with van der Waals surface area (Å²) in [6, 6.07) is 0.491. The van der Waals surface area contributed by atoms with Gasteiger partial charge in [-0.2, -0.15) is 0 Å². The second kappa shape index (κ2) is 4.60. The Balaban J connectivity index is 2.13. The van der Waals surface area contributed by atoms with E-state index in [1.165, 1.54) is 19.3 Å². The molecule has 3 nitrogen and oxygen atoms in total. The van der Waals surface area contributed by atoms with E-state index in [1.54, 1.807) is 0 Å². The fourth-order valence-electron chi connectivity index (χ4n) is 3.56. The van der Waals surface area contributed by atoms with Crippen LogP contribution >= 0.6 is 0 Å². The molecule has 1 amide bonds. The van der Waals surface area contributed by atoms with Crippen molar-refractivity contribution in [2.75, 3.05) is 0 Å². The number of nitrogens with one attached hydrogen (secondary N) is 1. The van der Waals surface area contributed by atoms with Gasteiger partial charge >= 0.3 is 0 Å². The summed E-state index contributed by atoms with van der Waals surface area (Å²) in [5.41, 5.74) is 0.284. The van der Waals surface area contributed by atoms with Crippen molar-refractivity contribution in [2.45, 2.75) is 78.0 Å². The van der Waals surface area contributed by atoms with Crippen molar-refractivity contribution in [3.05, 3.63) is 0 Å². The van der Waals surface area contributed by atoms with Gasteiger partial charge in [-0.05, 0) is 31.6 Å². The summed E-state index contributed by atoms with van der Waals surface area (Å²) in [5, 5.41) is 3.45. The Bertz CT molecular complexity index is 301. The number of carbonyl (C=O) groups is 1. The first-order valence-corrected chi connectivity index (χ1v) is 7.05. The molecule has 0 aromatic rings. The largest absolute Gasteiger partial charge is 0.323 e. The molecule has 98 valence electrons. The maximum absolute atomic E-state index is 12.4. The Morgan fingerprint density at radius 1 is 1.47 bits per heavy atom. The van der Waals surface area contributed by atoms with Gasteiger partial charge in [0.05, 0.1) is 12.2 Å². The molecule has 1 aliphatic heterocycles. The van der Waals surface area contributed by atoms with Gasteiger partial charge in [0.1, 0.15) is 0 Å². The molecule has 2 aliphatic rings. The van der Waals surface area contributed by atoms with Crippen molar-refractivity contribution in [3.8, 4) is 0 Å². The lowest BCUT2D eigenvalue weighted by atomic mass is 9.86. The number of carbonyl (C=O) groups excluding carboxylic acids is 1. The lowest BCUT2D eigenvalue weighted by Gasteiger charge is -2.37. The molecule has 1 heterocycles. The first-order chi connectivity index (χ1) is 7.97. The summed E-state index contributed by atoms with van der Waals surface area (Å²) in [4.78, 5) is 14.6. The van der Waals surface area contributed by atoms with E-state index in [-0.39, 0.29) is 17.6 Å². The van der Waals surface area contributed by atoms with E-state index < -0.39 is 0 Å². The summed E-state index contributed by atoms with van der Waals surface area (Å²) in [7, 11) is 0. The van der Waals surface area contributed by atoms with Crippen molar-refractivity contribution in [2.24, 2.45) is 5.41 Å². The standard InChI is InChI=1S/C14H26N2O/c1-5-7-11-13(17)16(10(2)15-11)12-8-6-9-14(12,3)4/h10-12,15H,5-9H2,1-4H3. The molecule has 3 heteroatoms. The first-order valence-electron chi connectivity index (χ1n) is 7.05. The Morgan fingerprint density at radius 2 is 2.18 bits per heavy atom. The third-order valence-corrected chi connectivity index (χ3v) is 4.53. The second-order valence-electron chi connectivity index (χ2n) is 6.33. The highest BCUT2D eigenvalue weighted by Crippen LogP contribution is 2.42. The molecule has 2 fully saturated rings. The van der Waals surface area contributed by atoms with Crippen molar-refractivity contribution < 1.29 is 4.79 Å². The minimum Gasteiger partial charge on any atom is -0.323 e. The number of amides is 1. The van der Waals surface area contributed by atoms with Gasteiger partial charge in [-0.1, -0.05) is 33.6 Å². The Kier molecular flexibility index (Phi) is 3.48. The zero-order valence-electron chi connectivity index (χ0n) is 11.6. The monoisotopic (exact) mass is 238 g/mol. The van der Waals surface area contributed by atoms with E-state index in [4.69, 9.17) is 0 Å². The molecule has 17 heavy (non-hydrogen) atoms. The third-order valence-electron chi connectivity index (χ3n) is 4.53. The average Bonchev–Trinajstić information content (AvgIpc) is 2.70. The SMILES string of the molecule is CCCC1NC(C)N(C2CCCC2(C)C)C1=O. The van der Waals surface area contributed by atoms with E-state index in [2.05, 4.69) is 37.9 Å². The highest BCUT2D eigenvalue weighted by Gasteiger charge is 2.46. The Labute approximate surface area is 105 Å². The van der Waals surface area contributed by atoms with Crippen LogP contribution in [0.2, 0.25) is 0 Å². The van der Waals surface area contributed by atoms with Gasteiger partial charge in [0.2, 0.25) is 5.91 Å². The third kappa shape index (κ3) is 2.22. The van der Waals surface area contributed by atoms with E-state index in [0.717, 1.165) is 12.8 Å².